The van der Waals surface area contributed by atoms with Gasteiger partial charge in [0, 0.05) is 24.9 Å². The van der Waals surface area contributed by atoms with Crippen LogP contribution in [0, 0.1) is 17.8 Å². The standard InChI is InChI=1S/C14H25NO/c1-10-7-11(2)13(14(16)8-10)9-15(3)12-5-4-6-12/h10-13H,4-9H2,1-3H3. The molecule has 0 aromatic rings. The molecule has 16 heavy (non-hydrogen) atoms. The van der Waals surface area contributed by atoms with Crippen LogP contribution in [0.3, 0.4) is 0 Å². The molecule has 0 spiro atoms. The summed E-state index contributed by atoms with van der Waals surface area (Å²) in [5.74, 6) is 2.01. The van der Waals surface area contributed by atoms with Crippen molar-refractivity contribution < 1.29 is 4.79 Å². The maximum atomic E-state index is 12.1. The van der Waals surface area contributed by atoms with Gasteiger partial charge in [-0.1, -0.05) is 20.3 Å². The van der Waals surface area contributed by atoms with E-state index in [4.69, 9.17) is 0 Å². The minimum Gasteiger partial charge on any atom is -0.303 e. The van der Waals surface area contributed by atoms with Crippen LogP contribution >= 0.6 is 0 Å². The van der Waals surface area contributed by atoms with E-state index in [1.807, 2.05) is 0 Å². The first-order valence-electron chi connectivity index (χ1n) is 6.81. The molecule has 0 bridgehead atoms. The molecule has 0 N–H and O–H groups in total. The molecule has 0 aliphatic heterocycles. The SMILES string of the molecule is CC1CC(=O)C(CN(C)C2CCC2)C(C)C1. The lowest BCUT2D eigenvalue weighted by atomic mass is 9.74. The second-order valence-corrected chi connectivity index (χ2v) is 6.12. The Balaban J connectivity index is 1.89. The van der Waals surface area contributed by atoms with Gasteiger partial charge in [0.2, 0.25) is 0 Å². The third kappa shape index (κ3) is 2.48. The summed E-state index contributed by atoms with van der Waals surface area (Å²) >= 11 is 0. The molecular formula is C14H25NO. The Labute approximate surface area is 99.4 Å². The van der Waals surface area contributed by atoms with E-state index in [9.17, 15) is 4.79 Å². The Morgan fingerprint density at radius 3 is 2.50 bits per heavy atom. The first-order valence-corrected chi connectivity index (χ1v) is 6.81. The Kier molecular flexibility index (Phi) is 3.68. The van der Waals surface area contributed by atoms with Crippen molar-refractivity contribution in [3.05, 3.63) is 0 Å². The van der Waals surface area contributed by atoms with Crippen molar-refractivity contribution in [2.75, 3.05) is 13.6 Å². The fourth-order valence-electron chi connectivity index (χ4n) is 3.26. The van der Waals surface area contributed by atoms with Crippen LogP contribution in [0.2, 0.25) is 0 Å². The predicted octanol–water partition coefficient (Wildman–Crippen LogP) is 2.72. The van der Waals surface area contributed by atoms with E-state index < -0.39 is 0 Å². The molecule has 0 aromatic carbocycles. The lowest BCUT2D eigenvalue weighted by molar-refractivity contribution is -0.129. The second-order valence-electron chi connectivity index (χ2n) is 6.12. The lowest BCUT2D eigenvalue weighted by Gasteiger charge is -2.39. The van der Waals surface area contributed by atoms with Crippen LogP contribution in [0.15, 0.2) is 0 Å². The molecule has 92 valence electrons. The second kappa shape index (κ2) is 4.87. The Hall–Kier alpha value is -0.370. The number of carbonyl (C=O) groups excluding carboxylic acids is 1. The highest BCUT2D eigenvalue weighted by Gasteiger charge is 2.34. The summed E-state index contributed by atoms with van der Waals surface area (Å²) in [6.07, 6.45) is 6.09. The summed E-state index contributed by atoms with van der Waals surface area (Å²) in [6, 6.07) is 0.763. The zero-order chi connectivity index (χ0) is 11.7. The van der Waals surface area contributed by atoms with Gasteiger partial charge < -0.3 is 4.90 Å². The minimum absolute atomic E-state index is 0.307. The maximum Gasteiger partial charge on any atom is 0.137 e. The van der Waals surface area contributed by atoms with Crippen molar-refractivity contribution in [2.45, 2.75) is 52.0 Å². The number of Topliss-reactive ketones (excluding diaryl/α,β-unsaturated/α-hetero) is 1. The normalized spacial score (nSPS) is 36.5. The van der Waals surface area contributed by atoms with Crippen molar-refractivity contribution in [2.24, 2.45) is 17.8 Å². The molecule has 0 aromatic heterocycles. The fourth-order valence-corrected chi connectivity index (χ4v) is 3.26. The highest BCUT2D eigenvalue weighted by atomic mass is 16.1. The average molecular weight is 223 g/mol. The van der Waals surface area contributed by atoms with Gasteiger partial charge in [0.1, 0.15) is 5.78 Å². The largest absolute Gasteiger partial charge is 0.303 e. The van der Waals surface area contributed by atoms with E-state index in [1.165, 1.54) is 25.7 Å². The molecule has 2 aliphatic rings. The monoisotopic (exact) mass is 223 g/mol. The van der Waals surface area contributed by atoms with Gasteiger partial charge in [0.05, 0.1) is 0 Å². The number of nitrogens with zero attached hydrogens (tertiary/aromatic N) is 1. The van der Waals surface area contributed by atoms with E-state index >= 15 is 0 Å². The molecule has 2 rings (SSSR count). The number of ketones is 1. The van der Waals surface area contributed by atoms with Gasteiger partial charge in [-0.15, -0.1) is 0 Å². The van der Waals surface area contributed by atoms with E-state index in [1.54, 1.807) is 0 Å². The van der Waals surface area contributed by atoms with E-state index in [0.717, 1.165) is 19.0 Å². The molecule has 0 heterocycles. The van der Waals surface area contributed by atoms with E-state index in [0.29, 0.717) is 23.5 Å². The minimum atomic E-state index is 0.307. The highest BCUT2D eigenvalue weighted by molar-refractivity contribution is 5.82. The number of hydrogen-bond donors (Lipinski definition) is 0. The van der Waals surface area contributed by atoms with Crippen LogP contribution in [0.4, 0.5) is 0 Å². The molecule has 2 aliphatic carbocycles. The van der Waals surface area contributed by atoms with Crippen LogP contribution < -0.4 is 0 Å². The Morgan fingerprint density at radius 2 is 2.00 bits per heavy atom. The van der Waals surface area contributed by atoms with Crippen LogP contribution in [-0.2, 0) is 4.79 Å². The molecule has 3 unspecified atom stereocenters. The van der Waals surface area contributed by atoms with Crippen molar-refractivity contribution in [3.63, 3.8) is 0 Å². The molecule has 0 radical (unpaired) electrons. The average Bonchev–Trinajstić information content (AvgIpc) is 2.08. The van der Waals surface area contributed by atoms with E-state index in [2.05, 4.69) is 25.8 Å². The van der Waals surface area contributed by atoms with Gasteiger partial charge in [-0.05, 0) is 38.1 Å². The topological polar surface area (TPSA) is 20.3 Å². The molecule has 3 atom stereocenters. The fraction of sp³-hybridized carbons (Fsp3) is 0.929. The third-order valence-electron chi connectivity index (χ3n) is 4.61. The quantitative estimate of drug-likeness (QED) is 0.733. The highest BCUT2D eigenvalue weighted by Crippen LogP contribution is 2.33. The summed E-state index contributed by atoms with van der Waals surface area (Å²) in [5, 5.41) is 0. The first kappa shape index (κ1) is 12.1. The number of carbonyl (C=O) groups is 1. The van der Waals surface area contributed by atoms with Crippen molar-refractivity contribution in [1.29, 1.82) is 0 Å². The van der Waals surface area contributed by atoms with Crippen LogP contribution in [0.1, 0.15) is 46.0 Å². The first-order chi connectivity index (χ1) is 7.58. The molecule has 0 saturated heterocycles. The summed E-state index contributed by atoms with van der Waals surface area (Å²) in [5.41, 5.74) is 0. The van der Waals surface area contributed by atoms with Gasteiger partial charge in [-0.3, -0.25) is 4.79 Å². The van der Waals surface area contributed by atoms with Crippen LogP contribution in [0.5, 0.6) is 0 Å². The smallest absolute Gasteiger partial charge is 0.137 e. The summed E-state index contributed by atoms with van der Waals surface area (Å²) in [4.78, 5) is 14.5. The molecule has 2 saturated carbocycles. The molecule has 2 nitrogen and oxygen atoms in total. The summed E-state index contributed by atoms with van der Waals surface area (Å²) in [7, 11) is 2.20. The number of hydrogen-bond acceptors (Lipinski definition) is 2. The van der Waals surface area contributed by atoms with Crippen LogP contribution in [-0.4, -0.2) is 30.3 Å². The van der Waals surface area contributed by atoms with Crippen LogP contribution in [0.25, 0.3) is 0 Å². The predicted molar refractivity (Wildman–Crippen MR) is 66.3 cm³/mol. The van der Waals surface area contributed by atoms with Crippen molar-refractivity contribution >= 4 is 5.78 Å². The summed E-state index contributed by atoms with van der Waals surface area (Å²) in [6.45, 7) is 5.46. The lowest BCUT2D eigenvalue weighted by Crippen LogP contribution is -2.44. The maximum absolute atomic E-state index is 12.1. The van der Waals surface area contributed by atoms with Gasteiger partial charge in [0.15, 0.2) is 0 Å². The Bertz CT molecular complexity index is 259. The Morgan fingerprint density at radius 1 is 1.31 bits per heavy atom. The molecule has 2 fully saturated rings. The van der Waals surface area contributed by atoms with E-state index in [-0.39, 0.29) is 0 Å². The number of rotatable bonds is 3. The zero-order valence-corrected chi connectivity index (χ0v) is 10.9. The van der Waals surface area contributed by atoms with Gasteiger partial charge >= 0.3 is 0 Å². The zero-order valence-electron chi connectivity index (χ0n) is 10.9. The van der Waals surface area contributed by atoms with Crippen molar-refractivity contribution in [3.8, 4) is 0 Å². The third-order valence-corrected chi connectivity index (χ3v) is 4.61. The van der Waals surface area contributed by atoms with Gasteiger partial charge in [-0.2, -0.15) is 0 Å². The van der Waals surface area contributed by atoms with Gasteiger partial charge in [0.25, 0.3) is 0 Å². The molecule has 0 amide bonds. The van der Waals surface area contributed by atoms with Crippen molar-refractivity contribution in [1.82, 2.24) is 4.90 Å². The van der Waals surface area contributed by atoms with Gasteiger partial charge in [-0.25, -0.2) is 0 Å². The molecule has 2 heteroatoms. The molecular weight excluding hydrogens is 198 g/mol. The summed E-state index contributed by atoms with van der Waals surface area (Å²) < 4.78 is 0.